The highest BCUT2D eigenvalue weighted by Crippen LogP contribution is 2.32. The first kappa shape index (κ1) is 51.5. The fraction of sp³-hybridized carbons (Fsp3) is 0.458. The number of hydrogen-bond donors (Lipinski definition) is 3. The molecule has 2 aliphatic carbocycles. The van der Waals surface area contributed by atoms with Gasteiger partial charge in [-0.15, -0.1) is 12.4 Å². The number of aromatic carboxylic acids is 1. The van der Waals surface area contributed by atoms with Gasteiger partial charge in [0.1, 0.15) is 0 Å². The number of piperidine rings is 2. The molecule has 0 radical (unpaired) electrons. The number of carboxylic acids is 1. The van der Waals surface area contributed by atoms with E-state index >= 15 is 0 Å². The fourth-order valence-corrected chi connectivity index (χ4v) is 10.4. The molecular weight excluding hydrogens is 915 g/mol. The van der Waals surface area contributed by atoms with Gasteiger partial charge in [0.05, 0.1) is 15.4 Å². The quantitative estimate of drug-likeness (QED) is 0.133. The van der Waals surface area contributed by atoms with Gasteiger partial charge in [0.2, 0.25) is 0 Å². The van der Waals surface area contributed by atoms with E-state index in [2.05, 4.69) is 39.4 Å². The lowest BCUT2D eigenvalue weighted by atomic mass is 9.82. The van der Waals surface area contributed by atoms with Gasteiger partial charge in [-0.2, -0.15) is 0 Å². The SMILES string of the molecule is CS(=O)(=O)c1ccc(C(=O)N[C@@H]2CC[C@H]2N2CCC(Cc3ccc(Cl)cc3)CC2)cc1.CS(=O)(=O)c1ccc(C(=O)O)cc1.Cl.N[C@@H]1CC[C@H]1N1CCC(Cc2ccc(Cl)cc2)CC1. The number of likely N-dealkylation sites (tertiary alicyclic amines) is 2. The minimum Gasteiger partial charge on any atom is -0.478 e. The van der Waals surface area contributed by atoms with Crippen LogP contribution in [0.3, 0.4) is 0 Å². The lowest BCUT2D eigenvalue weighted by molar-refractivity contribution is 0.0490. The molecule has 4 aromatic rings. The van der Waals surface area contributed by atoms with Crippen molar-refractivity contribution in [3.63, 3.8) is 0 Å². The summed E-state index contributed by atoms with van der Waals surface area (Å²) in [7, 11) is -6.49. The molecule has 0 bridgehead atoms. The van der Waals surface area contributed by atoms with E-state index in [1.165, 1.54) is 112 Å². The van der Waals surface area contributed by atoms with E-state index in [1.54, 1.807) is 12.1 Å². The average molecular weight is 977 g/mol. The summed E-state index contributed by atoms with van der Waals surface area (Å²) in [5.74, 6) is 0.319. The number of halogens is 3. The summed E-state index contributed by atoms with van der Waals surface area (Å²) in [6.45, 7) is 4.60. The molecular formula is C48H61Cl3N4O7S2. The van der Waals surface area contributed by atoms with Gasteiger partial charge in [0.15, 0.2) is 19.7 Å². The van der Waals surface area contributed by atoms with Crippen LogP contribution in [0.25, 0.3) is 0 Å². The van der Waals surface area contributed by atoms with E-state index in [4.69, 9.17) is 34.0 Å². The van der Waals surface area contributed by atoms with Crippen LogP contribution in [0.5, 0.6) is 0 Å². The van der Waals surface area contributed by atoms with Gasteiger partial charge in [-0.05, 0) is 186 Å². The van der Waals surface area contributed by atoms with Crippen molar-refractivity contribution in [2.75, 3.05) is 38.7 Å². The normalized spacial score (nSPS) is 21.9. The van der Waals surface area contributed by atoms with Gasteiger partial charge in [-0.3, -0.25) is 14.6 Å². The van der Waals surface area contributed by atoms with Gasteiger partial charge in [0, 0.05) is 52.3 Å². The van der Waals surface area contributed by atoms with Crippen molar-refractivity contribution in [2.24, 2.45) is 17.6 Å². The molecule has 0 unspecified atom stereocenters. The van der Waals surface area contributed by atoms with E-state index in [0.717, 1.165) is 54.6 Å². The van der Waals surface area contributed by atoms with Crippen molar-refractivity contribution < 1.29 is 31.5 Å². The number of nitrogens with two attached hydrogens (primary N) is 1. The van der Waals surface area contributed by atoms with Crippen molar-refractivity contribution in [3.8, 4) is 0 Å². The third-order valence-corrected chi connectivity index (χ3v) is 15.8. The third-order valence-electron chi connectivity index (χ3n) is 13.0. The number of benzene rings is 4. The van der Waals surface area contributed by atoms with Crippen LogP contribution in [0, 0.1) is 11.8 Å². The summed E-state index contributed by atoms with van der Waals surface area (Å²) in [6, 6.07) is 29.4. The van der Waals surface area contributed by atoms with Crippen LogP contribution in [0.2, 0.25) is 10.0 Å². The fourth-order valence-electron chi connectivity index (χ4n) is 8.88. The Kier molecular flexibility index (Phi) is 18.7. The summed E-state index contributed by atoms with van der Waals surface area (Å²) < 4.78 is 45.1. The molecule has 16 heteroatoms. The Morgan fingerprint density at radius 3 is 1.31 bits per heavy atom. The zero-order valence-electron chi connectivity index (χ0n) is 36.5. The molecule has 4 atom stereocenters. The Hall–Kier alpha value is -3.53. The number of rotatable bonds is 11. The topological polar surface area (TPSA) is 167 Å². The summed E-state index contributed by atoms with van der Waals surface area (Å²) >= 11 is 11.9. The molecule has 1 amide bonds. The molecule has 348 valence electrons. The maximum absolute atomic E-state index is 12.6. The summed E-state index contributed by atoms with van der Waals surface area (Å²) in [5.41, 5.74) is 9.41. The van der Waals surface area contributed by atoms with Gasteiger partial charge < -0.3 is 16.2 Å². The zero-order valence-corrected chi connectivity index (χ0v) is 40.4. The zero-order chi connectivity index (χ0) is 45.3. The highest BCUT2D eigenvalue weighted by atomic mass is 35.5. The molecule has 8 rings (SSSR count). The highest BCUT2D eigenvalue weighted by molar-refractivity contribution is 7.91. The number of nitrogens with zero attached hydrogens (tertiary/aromatic N) is 2. The van der Waals surface area contributed by atoms with Crippen LogP contribution in [-0.2, 0) is 32.5 Å². The molecule has 4 aliphatic rings. The summed E-state index contributed by atoms with van der Waals surface area (Å²) in [4.78, 5) is 28.5. The second kappa shape index (κ2) is 23.3. The molecule has 2 aliphatic heterocycles. The maximum atomic E-state index is 12.6. The lowest BCUT2D eigenvalue weighted by Crippen LogP contribution is -2.59. The molecule has 64 heavy (non-hydrogen) atoms. The second-order valence-corrected chi connectivity index (χ2v) is 22.5. The monoisotopic (exact) mass is 974 g/mol. The highest BCUT2D eigenvalue weighted by Gasteiger charge is 2.38. The smallest absolute Gasteiger partial charge is 0.335 e. The van der Waals surface area contributed by atoms with Gasteiger partial charge >= 0.3 is 5.97 Å². The van der Waals surface area contributed by atoms with Crippen molar-refractivity contribution in [3.05, 3.63) is 129 Å². The van der Waals surface area contributed by atoms with Gasteiger partial charge in [-0.1, -0.05) is 47.5 Å². The van der Waals surface area contributed by atoms with Gasteiger partial charge in [0.25, 0.3) is 5.91 Å². The first-order valence-corrected chi connectivity index (χ1v) is 26.3. The van der Waals surface area contributed by atoms with E-state index in [0.29, 0.717) is 29.6 Å². The summed E-state index contributed by atoms with van der Waals surface area (Å²) in [6.07, 6.45) is 14.1. The van der Waals surface area contributed by atoms with E-state index in [-0.39, 0.29) is 39.7 Å². The number of amides is 1. The Bertz CT molecular complexity index is 2360. The molecule has 2 saturated carbocycles. The lowest BCUT2D eigenvalue weighted by Gasteiger charge is -2.47. The maximum Gasteiger partial charge on any atom is 0.335 e. The van der Waals surface area contributed by atoms with Crippen LogP contribution < -0.4 is 11.1 Å². The molecule has 2 heterocycles. The molecule has 0 spiro atoms. The average Bonchev–Trinajstić information content (AvgIpc) is 3.24. The third kappa shape index (κ3) is 14.7. The molecule has 4 fully saturated rings. The standard InChI is InChI=1S/C24H29ClN2O3S.C16H23ClN2.C8H8O4S.ClH/c1-31(29,30)21-8-4-19(5-9-21)24(28)26-22-10-11-23(22)27-14-12-18(13-15-27)16-17-2-6-20(25)7-3-17;17-14-3-1-12(2-4-14)11-13-7-9-19(10-8-13)16-6-5-15(16)18;1-13(11,12)7-4-2-6(3-5-7)8(9)10;/h2-9,18,22-23H,10-16H2,1H3,(H,26,28);1-4,13,15-16H,5-11,18H2;2-5H,1H3,(H,9,10);1H/t22-,23-;15-,16-;;/m11../s1. The minimum atomic E-state index is -3.26. The van der Waals surface area contributed by atoms with Crippen molar-refractivity contribution in [1.29, 1.82) is 0 Å². The number of sulfone groups is 2. The number of carbonyl (C=O) groups excluding carboxylic acids is 1. The molecule has 0 aromatic heterocycles. The summed E-state index contributed by atoms with van der Waals surface area (Å²) in [5, 5.41) is 13.3. The van der Waals surface area contributed by atoms with Crippen LogP contribution in [-0.4, -0.2) is 106 Å². The molecule has 11 nitrogen and oxygen atoms in total. The molecule has 2 saturated heterocycles. The van der Waals surface area contributed by atoms with E-state index in [9.17, 15) is 26.4 Å². The van der Waals surface area contributed by atoms with Crippen molar-refractivity contribution in [1.82, 2.24) is 15.1 Å². The molecule has 4 N–H and O–H groups in total. The number of nitrogens with one attached hydrogen (secondary N) is 1. The van der Waals surface area contributed by atoms with Crippen molar-refractivity contribution in [2.45, 2.75) is 98.2 Å². The predicted octanol–water partition coefficient (Wildman–Crippen LogP) is 8.25. The largest absolute Gasteiger partial charge is 0.478 e. The Labute approximate surface area is 395 Å². The number of carboxylic acid groups (broad SMARTS) is 1. The number of carbonyl (C=O) groups is 2. The van der Waals surface area contributed by atoms with Crippen LogP contribution in [0.1, 0.15) is 83.2 Å². The Morgan fingerprint density at radius 2 is 0.984 bits per heavy atom. The van der Waals surface area contributed by atoms with Crippen LogP contribution in [0.4, 0.5) is 0 Å². The van der Waals surface area contributed by atoms with Crippen LogP contribution >= 0.6 is 35.6 Å². The minimum absolute atomic E-state index is 0. The van der Waals surface area contributed by atoms with Crippen LogP contribution in [0.15, 0.2) is 107 Å². The Morgan fingerprint density at radius 1 is 0.594 bits per heavy atom. The first-order chi connectivity index (χ1) is 29.9. The molecule has 4 aromatic carbocycles. The first-order valence-electron chi connectivity index (χ1n) is 21.8. The van der Waals surface area contributed by atoms with E-state index < -0.39 is 25.6 Å². The Balaban J connectivity index is 0.000000199. The second-order valence-electron chi connectivity index (χ2n) is 17.6. The number of hydrogen-bond acceptors (Lipinski definition) is 9. The van der Waals surface area contributed by atoms with E-state index in [1.807, 2.05) is 24.3 Å². The van der Waals surface area contributed by atoms with Gasteiger partial charge in [-0.25, -0.2) is 21.6 Å². The predicted molar refractivity (Wildman–Crippen MR) is 257 cm³/mol. The van der Waals surface area contributed by atoms with Crippen molar-refractivity contribution >= 4 is 67.2 Å².